The average molecular weight is 461 g/mol. The lowest BCUT2D eigenvalue weighted by Gasteiger charge is -2.40. The Kier molecular flexibility index (Phi) is 7.02. The molecule has 1 aromatic heterocycles. The molecule has 5 N–H and O–H groups in total. The van der Waals surface area contributed by atoms with Crippen molar-refractivity contribution in [1.82, 2.24) is 0 Å². The van der Waals surface area contributed by atoms with E-state index in [1.807, 2.05) is 12.1 Å². The van der Waals surface area contributed by atoms with Gasteiger partial charge in [0.1, 0.15) is 36.3 Å². The summed E-state index contributed by atoms with van der Waals surface area (Å²) in [6.45, 7) is -0.662. The Hall–Kier alpha value is -2.17. The van der Waals surface area contributed by atoms with Gasteiger partial charge in [0, 0.05) is 16.2 Å². The third-order valence-corrected chi connectivity index (χ3v) is 6.91. The molecular weight excluding hydrogens is 435 g/mol. The average Bonchev–Trinajstić information content (AvgIpc) is 3.26. The van der Waals surface area contributed by atoms with E-state index >= 15 is 0 Å². The number of aliphatic hydroxyl groups is 5. The maximum Gasteiger partial charge on any atom is 0.123 e. The Morgan fingerprint density at radius 2 is 1.59 bits per heavy atom. The predicted molar refractivity (Wildman–Crippen MR) is 118 cm³/mol. The van der Waals surface area contributed by atoms with Gasteiger partial charge >= 0.3 is 0 Å². The van der Waals surface area contributed by atoms with E-state index < -0.39 is 37.1 Å². The predicted octanol–water partition coefficient (Wildman–Crippen LogP) is 2.15. The summed E-state index contributed by atoms with van der Waals surface area (Å²) >= 11 is 1.56. The highest BCUT2D eigenvalue weighted by molar-refractivity contribution is 7.15. The molecule has 1 aliphatic rings. The van der Waals surface area contributed by atoms with Gasteiger partial charge in [0.05, 0.1) is 13.2 Å². The molecule has 4 rings (SSSR count). The van der Waals surface area contributed by atoms with Crippen LogP contribution in [0.15, 0.2) is 54.6 Å². The van der Waals surface area contributed by atoms with Crippen LogP contribution in [0.3, 0.4) is 0 Å². The zero-order valence-corrected chi connectivity index (χ0v) is 18.0. The Labute approximate surface area is 188 Å². The molecule has 3 aromatic rings. The molecule has 0 spiro atoms. The zero-order chi connectivity index (χ0) is 22.8. The number of aliphatic hydroxyl groups excluding tert-OH is 5. The van der Waals surface area contributed by atoms with Gasteiger partial charge < -0.3 is 30.3 Å². The van der Waals surface area contributed by atoms with Crippen LogP contribution in [0.5, 0.6) is 0 Å². The Morgan fingerprint density at radius 3 is 2.28 bits per heavy atom. The minimum Gasteiger partial charge on any atom is -0.394 e. The van der Waals surface area contributed by atoms with Crippen molar-refractivity contribution in [3.05, 3.63) is 82.0 Å². The molecule has 0 bridgehead atoms. The number of benzene rings is 2. The van der Waals surface area contributed by atoms with Crippen molar-refractivity contribution in [3.8, 4) is 10.4 Å². The molecule has 0 aliphatic carbocycles. The van der Waals surface area contributed by atoms with Crippen LogP contribution in [0.2, 0.25) is 0 Å². The first kappa shape index (κ1) is 23.0. The monoisotopic (exact) mass is 460 g/mol. The van der Waals surface area contributed by atoms with Crippen molar-refractivity contribution in [2.45, 2.75) is 43.5 Å². The summed E-state index contributed by atoms with van der Waals surface area (Å²) in [7, 11) is 0. The molecule has 1 saturated heterocycles. The summed E-state index contributed by atoms with van der Waals surface area (Å²) in [5, 5.41) is 49.8. The van der Waals surface area contributed by atoms with E-state index in [1.54, 1.807) is 41.7 Å². The van der Waals surface area contributed by atoms with E-state index in [0.29, 0.717) is 12.0 Å². The fourth-order valence-electron chi connectivity index (χ4n) is 3.95. The van der Waals surface area contributed by atoms with Crippen molar-refractivity contribution in [1.29, 1.82) is 0 Å². The molecule has 32 heavy (non-hydrogen) atoms. The van der Waals surface area contributed by atoms with Gasteiger partial charge in [-0.05, 0) is 46.5 Å². The summed E-state index contributed by atoms with van der Waals surface area (Å²) in [6, 6.07) is 15.5. The van der Waals surface area contributed by atoms with Crippen LogP contribution in [0.4, 0.5) is 4.39 Å². The summed E-state index contributed by atoms with van der Waals surface area (Å²) in [4.78, 5) is 2.03. The van der Waals surface area contributed by atoms with Crippen LogP contribution < -0.4 is 0 Å². The highest BCUT2D eigenvalue weighted by Gasteiger charge is 2.44. The lowest BCUT2D eigenvalue weighted by Crippen LogP contribution is -2.55. The van der Waals surface area contributed by atoms with Gasteiger partial charge in [-0.2, -0.15) is 0 Å². The second kappa shape index (κ2) is 9.76. The number of hydrogen-bond donors (Lipinski definition) is 5. The lowest BCUT2D eigenvalue weighted by atomic mass is 9.89. The van der Waals surface area contributed by atoms with Crippen LogP contribution in [0.25, 0.3) is 10.4 Å². The second-order valence-corrected chi connectivity index (χ2v) is 9.05. The van der Waals surface area contributed by atoms with Crippen molar-refractivity contribution in [2.24, 2.45) is 0 Å². The van der Waals surface area contributed by atoms with Gasteiger partial charge in [-0.15, -0.1) is 11.3 Å². The first-order valence-corrected chi connectivity index (χ1v) is 11.1. The molecule has 0 radical (unpaired) electrons. The molecule has 0 amide bonds. The summed E-state index contributed by atoms with van der Waals surface area (Å²) in [6.07, 6.45) is -5.65. The quantitative estimate of drug-likeness (QED) is 0.386. The second-order valence-electron chi connectivity index (χ2n) is 7.89. The maximum atomic E-state index is 13.2. The Morgan fingerprint density at radius 1 is 0.844 bits per heavy atom. The SMILES string of the molecule is OCc1ccc([C@@H]2O[C@H](CO)[C@@H](O)[C@H](O)[C@H]2O)cc1Cc1ccc(-c2ccc(F)cc2)s1. The van der Waals surface area contributed by atoms with Crippen LogP contribution in [-0.4, -0.2) is 56.6 Å². The maximum absolute atomic E-state index is 13.2. The van der Waals surface area contributed by atoms with E-state index in [1.165, 1.54) is 12.1 Å². The molecule has 2 aromatic carbocycles. The van der Waals surface area contributed by atoms with Crippen molar-refractivity contribution in [2.75, 3.05) is 6.61 Å². The van der Waals surface area contributed by atoms with Crippen LogP contribution in [-0.2, 0) is 17.8 Å². The number of rotatable bonds is 6. The van der Waals surface area contributed by atoms with Gasteiger partial charge in [0.2, 0.25) is 0 Å². The van der Waals surface area contributed by atoms with Crippen LogP contribution >= 0.6 is 11.3 Å². The number of thiophene rings is 1. The molecule has 0 unspecified atom stereocenters. The van der Waals surface area contributed by atoms with Gasteiger partial charge in [0.25, 0.3) is 0 Å². The minimum atomic E-state index is -1.46. The minimum absolute atomic E-state index is 0.166. The summed E-state index contributed by atoms with van der Waals surface area (Å²) in [5.74, 6) is -0.289. The van der Waals surface area contributed by atoms with E-state index in [9.17, 15) is 29.9 Å². The third kappa shape index (κ3) is 4.62. The van der Waals surface area contributed by atoms with Crippen molar-refractivity contribution in [3.63, 3.8) is 0 Å². The molecule has 2 heterocycles. The molecule has 1 aliphatic heterocycles. The Balaban J connectivity index is 1.60. The molecule has 0 saturated carbocycles. The topological polar surface area (TPSA) is 110 Å². The van der Waals surface area contributed by atoms with Gasteiger partial charge in [-0.25, -0.2) is 4.39 Å². The third-order valence-electron chi connectivity index (χ3n) is 5.78. The van der Waals surface area contributed by atoms with E-state index in [2.05, 4.69) is 0 Å². The van der Waals surface area contributed by atoms with Gasteiger partial charge in [0.15, 0.2) is 0 Å². The van der Waals surface area contributed by atoms with E-state index in [0.717, 1.165) is 26.4 Å². The number of halogens is 1. The number of hydrogen-bond acceptors (Lipinski definition) is 7. The van der Waals surface area contributed by atoms with E-state index in [4.69, 9.17) is 4.74 Å². The lowest BCUT2D eigenvalue weighted by molar-refractivity contribution is -0.231. The first-order chi connectivity index (χ1) is 15.4. The fraction of sp³-hybridized carbons (Fsp3) is 0.333. The Bertz CT molecular complexity index is 1050. The van der Waals surface area contributed by atoms with Crippen molar-refractivity contribution < 1.29 is 34.7 Å². The van der Waals surface area contributed by atoms with Crippen LogP contribution in [0, 0.1) is 5.82 Å². The molecular formula is C24H25FO6S. The largest absolute Gasteiger partial charge is 0.394 e. The molecule has 5 atom stereocenters. The number of ether oxygens (including phenoxy) is 1. The molecule has 170 valence electrons. The normalized spacial score (nSPS) is 25.8. The standard InChI is InChI=1S/C24H25FO6S/c25-17-5-3-13(4-6-17)20-8-7-18(32-20)10-16-9-14(1-2-15(16)11-26)24-23(30)22(29)21(28)19(12-27)31-24/h1-9,19,21-24,26-30H,10-12H2/t19-,21-,22+,23-,24+/m1/s1. The summed E-state index contributed by atoms with van der Waals surface area (Å²) in [5.41, 5.74) is 3.04. The smallest absolute Gasteiger partial charge is 0.123 e. The van der Waals surface area contributed by atoms with Gasteiger partial charge in [-0.1, -0.05) is 30.3 Å². The molecule has 8 heteroatoms. The molecule has 1 fully saturated rings. The highest BCUT2D eigenvalue weighted by atomic mass is 32.1. The zero-order valence-electron chi connectivity index (χ0n) is 17.1. The molecule has 6 nitrogen and oxygen atoms in total. The summed E-state index contributed by atoms with van der Waals surface area (Å²) < 4.78 is 18.9. The van der Waals surface area contributed by atoms with Gasteiger partial charge in [-0.3, -0.25) is 0 Å². The highest BCUT2D eigenvalue weighted by Crippen LogP contribution is 2.35. The fourth-order valence-corrected chi connectivity index (χ4v) is 4.98. The van der Waals surface area contributed by atoms with E-state index in [-0.39, 0.29) is 12.4 Å². The van der Waals surface area contributed by atoms with Crippen molar-refractivity contribution >= 4 is 11.3 Å². The van der Waals surface area contributed by atoms with Crippen LogP contribution in [0.1, 0.15) is 27.7 Å². The first-order valence-electron chi connectivity index (χ1n) is 10.3.